The normalized spacial score (nSPS) is 22.4. The van der Waals surface area contributed by atoms with Gasteiger partial charge in [-0.05, 0) is 55.0 Å². The van der Waals surface area contributed by atoms with E-state index in [4.69, 9.17) is 38.4 Å². The summed E-state index contributed by atoms with van der Waals surface area (Å²) in [5, 5.41) is 10.4. The number of para-hydroxylation sites is 1. The maximum absolute atomic E-state index is 9.44. The molecule has 0 radical (unpaired) electrons. The van der Waals surface area contributed by atoms with E-state index >= 15 is 0 Å². The monoisotopic (exact) mass is 395 g/mol. The highest BCUT2D eigenvalue weighted by Crippen LogP contribution is 2.43. The fraction of sp³-hybridized carbons (Fsp3) is 0.400. The summed E-state index contributed by atoms with van der Waals surface area (Å²) >= 11 is 12.8. The van der Waals surface area contributed by atoms with Gasteiger partial charge in [-0.15, -0.1) is 0 Å². The second-order valence-corrected chi connectivity index (χ2v) is 7.60. The van der Waals surface area contributed by atoms with E-state index in [-0.39, 0.29) is 12.5 Å². The Bertz CT molecular complexity index is 718. The van der Waals surface area contributed by atoms with Crippen molar-refractivity contribution in [3.63, 3.8) is 0 Å². The highest BCUT2D eigenvalue weighted by atomic mass is 35.5. The molecule has 3 rings (SSSR count). The summed E-state index contributed by atoms with van der Waals surface area (Å²) in [6, 6.07) is 13.3. The second-order valence-electron chi connectivity index (χ2n) is 6.78. The van der Waals surface area contributed by atoms with E-state index in [1.165, 1.54) is 0 Å². The molecule has 6 heteroatoms. The minimum Gasteiger partial charge on any atom is -0.490 e. The molecule has 0 aromatic heterocycles. The van der Waals surface area contributed by atoms with Crippen LogP contribution in [0.1, 0.15) is 30.7 Å². The Hall–Kier alpha value is -1.46. The summed E-state index contributed by atoms with van der Waals surface area (Å²) in [7, 11) is 0. The molecule has 0 unspecified atom stereocenters. The van der Waals surface area contributed by atoms with Gasteiger partial charge in [-0.1, -0.05) is 41.4 Å². The molecule has 1 saturated carbocycles. The Morgan fingerprint density at radius 3 is 2.35 bits per heavy atom. The van der Waals surface area contributed by atoms with Crippen molar-refractivity contribution < 1.29 is 14.6 Å². The first-order valence-electron chi connectivity index (χ1n) is 8.70. The fourth-order valence-corrected chi connectivity index (χ4v) is 3.97. The van der Waals surface area contributed by atoms with E-state index in [0.29, 0.717) is 29.0 Å². The van der Waals surface area contributed by atoms with Crippen LogP contribution in [0.5, 0.6) is 11.5 Å². The molecule has 0 heterocycles. The van der Waals surface area contributed by atoms with Crippen molar-refractivity contribution in [2.45, 2.75) is 30.7 Å². The van der Waals surface area contributed by atoms with Crippen LogP contribution in [0.2, 0.25) is 10.0 Å². The van der Waals surface area contributed by atoms with E-state index in [2.05, 4.69) is 0 Å². The number of hydrogen-bond donors (Lipinski definition) is 2. The van der Waals surface area contributed by atoms with Gasteiger partial charge < -0.3 is 20.3 Å². The van der Waals surface area contributed by atoms with Crippen molar-refractivity contribution in [3.05, 3.63) is 58.1 Å². The lowest BCUT2D eigenvalue weighted by molar-refractivity contribution is 0.198. The van der Waals surface area contributed by atoms with Crippen molar-refractivity contribution in [1.82, 2.24) is 0 Å². The molecule has 3 N–H and O–H groups in total. The summed E-state index contributed by atoms with van der Waals surface area (Å²) in [4.78, 5) is 0. The SMILES string of the molecule is N[C@@]1(CO)CC[C@@H](c2cc(Cl)c(OCCOc3ccccc3)c(Cl)c2)C1. The molecule has 2 atom stereocenters. The standard InChI is InChI=1S/C20H23Cl2NO3/c21-17-10-15(14-6-7-20(23,12-14)13-24)11-18(22)19(17)26-9-8-25-16-4-2-1-3-5-16/h1-5,10-11,14,24H,6-9,12-13,23H2/t14-,20+/m1/s1. The average molecular weight is 396 g/mol. The van der Waals surface area contributed by atoms with Crippen LogP contribution in [0, 0.1) is 0 Å². The van der Waals surface area contributed by atoms with E-state index in [0.717, 1.165) is 30.6 Å². The lowest BCUT2D eigenvalue weighted by atomic mass is 9.93. The number of halogens is 2. The molecule has 4 nitrogen and oxygen atoms in total. The van der Waals surface area contributed by atoms with Gasteiger partial charge in [0.15, 0.2) is 5.75 Å². The van der Waals surface area contributed by atoms with Crippen molar-refractivity contribution in [2.24, 2.45) is 5.73 Å². The van der Waals surface area contributed by atoms with Gasteiger partial charge in [-0.3, -0.25) is 0 Å². The molecule has 0 amide bonds. The van der Waals surface area contributed by atoms with Gasteiger partial charge in [0.1, 0.15) is 19.0 Å². The quantitative estimate of drug-likeness (QED) is 0.681. The van der Waals surface area contributed by atoms with Crippen LogP contribution in [0.4, 0.5) is 0 Å². The third kappa shape index (κ3) is 4.63. The van der Waals surface area contributed by atoms with Gasteiger partial charge >= 0.3 is 0 Å². The van der Waals surface area contributed by atoms with Crippen molar-refractivity contribution in [2.75, 3.05) is 19.8 Å². The Morgan fingerprint density at radius 1 is 1.08 bits per heavy atom. The number of benzene rings is 2. The zero-order chi connectivity index (χ0) is 18.6. The van der Waals surface area contributed by atoms with Gasteiger partial charge in [-0.25, -0.2) is 0 Å². The molecule has 2 aromatic rings. The van der Waals surface area contributed by atoms with Crippen LogP contribution in [0.25, 0.3) is 0 Å². The third-order valence-electron chi connectivity index (χ3n) is 4.79. The van der Waals surface area contributed by atoms with Crippen LogP contribution in [-0.4, -0.2) is 30.5 Å². The van der Waals surface area contributed by atoms with Crippen molar-refractivity contribution in [1.29, 1.82) is 0 Å². The van der Waals surface area contributed by atoms with Crippen molar-refractivity contribution >= 4 is 23.2 Å². The number of rotatable bonds is 7. The zero-order valence-corrected chi connectivity index (χ0v) is 16.0. The fourth-order valence-electron chi connectivity index (χ4n) is 3.36. The maximum atomic E-state index is 9.44. The van der Waals surface area contributed by atoms with Gasteiger partial charge in [0, 0.05) is 5.54 Å². The predicted molar refractivity (Wildman–Crippen MR) is 104 cm³/mol. The average Bonchev–Trinajstić information content (AvgIpc) is 3.04. The molecule has 1 fully saturated rings. The van der Waals surface area contributed by atoms with Gasteiger partial charge in [0.05, 0.1) is 16.7 Å². The topological polar surface area (TPSA) is 64.7 Å². The third-order valence-corrected chi connectivity index (χ3v) is 5.35. The molecular weight excluding hydrogens is 373 g/mol. The smallest absolute Gasteiger partial charge is 0.156 e. The summed E-state index contributed by atoms with van der Waals surface area (Å²) in [6.45, 7) is 0.731. The Kier molecular flexibility index (Phi) is 6.30. The first kappa shape index (κ1) is 19.3. The Balaban J connectivity index is 1.59. The Labute approximate surface area is 163 Å². The second kappa shape index (κ2) is 8.49. The zero-order valence-electron chi connectivity index (χ0n) is 14.5. The molecule has 0 bridgehead atoms. The van der Waals surface area contributed by atoms with Crippen LogP contribution >= 0.6 is 23.2 Å². The molecular formula is C20H23Cl2NO3. The van der Waals surface area contributed by atoms with Gasteiger partial charge in [-0.2, -0.15) is 0 Å². The molecule has 140 valence electrons. The van der Waals surface area contributed by atoms with Crippen LogP contribution in [0.15, 0.2) is 42.5 Å². The maximum Gasteiger partial charge on any atom is 0.156 e. The lowest BCUT2D eigenvalue weighted by Crippen LogP contribution is -2.40. The lowest BCUT2D eigenvalue weighted by Gasteiger charge is -2.21. The predicted octanol–water partition coefficient (Wildman–Crippen LogP) is 4.41. The summed E-state index contributed by atoms with van der Waals surface area (Å²) < 4.78 is 11.3. The van der Waals surface area contributed by atoms with E-state index in [9.17, 15) is 5.11 Å². The summed E-state index contributed by atoms with van der Waals surface area (Å²) in [5.74, 6) is 1.50. The van der Waals surface area contributed by atoms with Crippen LogP contribution in [0.3, 0.4) is 0 Å². The van der Waals surface area contributed by atoms with Crippen LogP contribution in [-0.2, 0) is 0 Å². The molecule has 26 heavy (non-hydrogen) atoms. The molecule has 2 aromatic carbocycles. The van der Waals surface area contributed by atoms with E-state index in [1.54, 1.807) is 0 Å². The first-order valence-corrected chi connectivity index (χ1v) is 9.46. The number of ether oxygens (including phenoxy) is 2. The number of nitrogens with two attached hydrogens (primary N) is 1. The van der Waals surface area contributed by atoms with Gasteiger partial charge in [0.2, 0.25) is 0 Å². The summed E-state index contributed by atoms with van der Waals surface area (Å²) in [5.41, 5.74) is 6.70. The highest BCUT2D eigenvalue weighted by Gasteiger charge is 2.36. The van der Waals surface area contributed by atoms with E-state index in [1.807, 2.05) is 42.5 Å². The number of hydrogen-bond acceptors (Lipinski definition) is 4. The van der Waals surface area contributed by atoms with Crippen molar-refractivity contribution in [3.8, 4) is 11.5 Å². The summed E-state index contributed by atoms with van der Waals surface area (Å²) in [6.07, 6.45) is 2.43. The minimum atomic E-state index is -0.506. The number of aliphatic hydroxyl groups is 1. The van der Waals surface area contributed by atoms with Crippen LogP contribution < -0.4 is 15.2 Å². The van der Waals surface area contributed by atoms with E-state index < -0.39 is 5.54 Å². The molecule has 0 aliphatic heterocycles. The molecule has 0 saturated heterocycles. The highest BCUT2D eigenvalue weighted by molar-refractivity contribution is 6.37. The number of aliphatic hydroxyl groups excluding tert-OH is 1. The molecule has 1 aliphatic carbocycles. The minimum absolute atomic E-state index is 0.00638. The Morgan fingerprint density at radius 2 is 1.73 bits per heavy atom. The molecule has 1 aliphatic rings. The first-order chi connectivity index (χ1) is 12.5. The van der Waals surface area contributed by atoms with Gasteiger partial charge in [0.25, 0.3) is 0 Å². The largest absolute Gasteiger partial charge is 0.490 e. The molecule has 0 spiro atoms.